The molecule has 2 aromatic rings. The first-order valence-corrected chi connectivity index (χ1v) is 6.65. The Morgan fingerprint density at radius 1 is 1.28 bits per heavy atom. The van der Waals surface area contributed by atoms with Gasteiger partial charge in [-0.15, -0.1) is 0 Å². The zero-order valence-corrected chi connectivity index (χ0v) is 11.2. The molecule has 2 rings (SSSR count). The minimum atomic E-state index is -0.509. The summed E-state index contributed by atoms with van der Waals surface area (Å²) in [7, 11) is 1.60. The van der Waals surface area contributed by atoms with Gasteiger partial charge in [0, 0.05) is 0 Å². The summed E-state index contributed by atoms with van der Waals surface area (Å²) in [5, 5.41) is 13.6. The molecule has 0 aliphatic carbocycles. The van der Waals surface area contributed by atoms with Gasteiger partial charge in [-0.1, -0.05) is 6.07 Å². The lowest BCUT2D eigenvalue weighted by Gasteiger charge is -2.12. The summed E-state index contributed by atoms with van der Waals surface area (Å²) in [6.45, 7) is 2.24. The SMILES string of the molecule is COc1cc(C(C)O)ccc1OCc1ccsc1. The van der Waals surface area contributed by atoms with Gasteiger partial charge in [0.2, 0.25) is 0 Å². The Balaban J connectivity index is 2.12. The molecule has 1 atom stereocenters. The van der Waals surface area contributed by atoms with Gasteiger partial charge in [-0.05, 0) is 47.0 Å². The number of aliphatic hydroxyl groups is 1. The van der Waals surface area contributed by atoms with Gasteiger partial charge >= 0.3 is 0 Å². The largest absolute Gasteiger partial charge is 0.493 e. The fraction of sp³-hybridized carbons (Fsp3) is 0.286. The molecular weight excluding hydrogens is 248 g/mol. The van der Waals surface area contributed by atoms with E-state index in [1.54, 1.807) is 31.4 Å². The molecule has 0 radical (unpaired) electrons. The van der Waals surface area contributed by atoms with Crippen LogP contribution in [-0.2, 0) is 6.61 Å². The second kappa shape index (κ2) is 5.89. The fourth-order valence-electron chi connectivity index (χ4n) is 1.60. The second-order valence-electron chi connectivity index (χ2n) is 4.01. The quantitative estimate of drug-likeness (QED) is 0.899. The summed E-state index contributed by atoms with van der Waals surface area (Å²) >= 11 is 1.65. The maximum atomic E-state index is 9.52. The average Bonchev–Trinajstić information content (AvgIpc) is 2.89. The van der Waals surface area contributed by atoms with Gasteiger partial charge in [0.25, 0.3) is 0 Å². The van der Waals surface area contributed by atoms with Crippen molar-refractivity contribution >= 4 is 11.3 Å². The van der Waals surface area contributed by atoms with Crippen molar-refractivity contribution in [2.75, 3.05) is 7.11 Å². The monoisotopic (exact) mass is 264 g/mol. The second-order valence-corrected chi connectivity index (χ2v) is 4.79. The van der Waals surface area contributed by atoms with Crippen LogP contribution in [0.2, 0.25) is 0 Å². The van der Waals surface area contributed by atoms with Crippen molar-refractivity contribution in [3.63, 3.8) is 0 Å². The third-order valence-corrected chi connectivity index (χ3v) is 3.38. The molecule has 1 N–H and O–H groups in total. The van der Waals surface area contributed by atoms with Crippen molar-refractivity contribution < 1.29 is 14.6 Å². The normalized spacial score (nSPS) is 12.2. The zero-order chi connectivity index (χ0) is 13.0. The Kier molecular flexibility index (Phi) is 4.23. The molecule has 0 bridgehead atoms. The molecule has 0 aliphatic heterocycles. The summed E-state index contributed by atoms with van der Waals surface area (Å²) in [5.41, 5.74) is 1.95. The number of ether oxygens (including phenoxy) is 2. The van der Waals surface area contributed by atoms with Crippen LogP contribution in [0, 0.1) is 0 Å². The smallest absolute Gasteiger partial charge is 0.161 e. The van der Waals surface area contributed by atoms with E-state index in [0.717, 1.165) is 11.1 Å². The lowest BCUT2D eigenvalue weighted by Crippen LogP contribution is -1.98. The van der Waals surface area contributed by atoms with Crippen molar-refractivity contribution in [3.05, 3.63) is 46.2 Å². The first-order valence-electron chi connectivity index (χ1n) is 5.70. The highest BCUT2D eigenvalue weighted by atomic mass is 32.1. The summed E-state index contributed by atoms with van der Waals surface area (Å²) in [4.78, 5) is 0. The van der Waals surface area contributed by atoms with Crippen LogP contribution < -0.4 is 9.47 Å². The average molecular weight is 264 g/mol. The molecule has 0 aliphatic rings. The van der Waals surface area contributed by atoms with Crippen LogP contribution in [0.1, 0.15) is 24.2 Å². The lowest BCUT2D eigenvalue weighted by atomic mass is 10.1. The molecule has 96 valence electrons. The molecule has 1 aromatic heterocycles. The van der Waals surface area contributed by atoms with Crippen molar-refractivity contribution in [3.8, 4) is 11.5 Å². The predicted molar refractivity (Wildman–Crippen MR) is 72.3 cm³/mol. The highest BCUT2D eigenvalue weighted by molar-refractivity contribution is 7.07. The first-order chi connectivity index (χ1) is 8.70. The Labute approximate surface area is 111 Å². The number of hydrogen-bond acceptors (Lipinski definition) is 4. The van der Waals surface area contributed by atoms with E-state index in [4.69, 9.17) is 9.47 Å². The van der Waals surface area contributed by atoms with Crippen LogP contribution in [0.4, 0.5) is 0 Å². The van der Waals surface area contributed by atoms with Crippen LogP contribution >= 0.6 is 11.3 Å². The maximum absolute atomic E-state index is 9.52. The zero-order valence-electron chi connectivity index (χ0n) is 10.4. The van der Waals surface area contributed by atoms with Crippen LogP contribution in [0.25, 0.3) is 0 Å². The third-order valence-electron chi connectivity index (χ3n) is 2.64. The molecule has 0 spiro atoms. The van der Waals surface area contributed by atoms with Gasteiger partial charge in [0.15, 0.2) is 11.5 Å². The standard InChI is InChI=1S/C14H16O3S/c1-10(15)12-3-4-13(14(7-12)16-2)17-8-11-5-6-18-9-11/h3-7,9-10,15H,8H2,1-2H3. The number of benzene rings is 1. The van der Waals surface area contributed by atoms with E-state index in [2.05, 4.69) is 5.38 Å². The van der Waals surface area contributed by atoms with E-state index in [9.17, 15) is 5.11 Å². The lowest BCUT2D eigenvalue weighted by molar-refractivity contribution is 0.198. The Morgan fingerprint density at radius 2 is 2.11 bits per heavy atom. The summed E-state index contributed by atoms with van der Waals surface area (Å²) < 4.78 is 11.0. The number of aliphatic hydroxyl groups excluding tert-OH is 1. The molecule has 4 heteroatoms. The van der Waals surface area contributed by atoms with E-state index in [0.29, 0.717) is 18.1 Å². The Hall–Kier alpha value is -1.52. The molecule has 3 nitrogen and oxygen atoms in total. The topological polar surface area (TPSA) is 38.7 Å². The summed E-state index contributed by atoms with van der Waals surface area (Å²) in [6, 6.07) is 7.50. The van der Waals surface area contributed by atoms with E-state index < -0.39 is 6.10 Å². The van der Waals surface area contributed by atoms with Crippen LogP contribution in [-0.4, -0.2) is 12.2 Å². The van der Waals surface area contributed by atoms with Gasteiger partial charge in [-0.25, -0.2) is 0 Å². The molecule has 0 saturated carbocycles. The van der Waals surface area contributed by atoms with Crippen molar-refractivity contribution in [2.45, 2.75) is 19.6 Å². The Bertz CT molecular complexity index is 492. The summed E-state index contributed by atoms with van der Waals surface area (Å²) in [5.74, 6) is 1.33. The number of rotatable bonds is 5. The first kappa shape index (κ1) is 12.9. The van der Waals surface area contributed by atoms with E-state index in [-0.39, 0.29) is 0 Å². The van der Waals surface area contributed by atoms with E-state index >= 15 is 0 Å². The molecule has 0 amide bonds. The predicted octanol–water partition coefficient (Wildman–Crippen LogP) is 3.39. The fourth-order valence-corrected chi connectivity index (χ4v) is 2.25. The summed E-state index contributed by atoms with van der Waals surface area (Å²) in [6.07, 6.45) is -0.509. The van der Waals surface area contributed by atoms with Crippen LogP contribution in [0.3, 0.4) is 0 Å². The van der Waals surface area contributed by atoms with Crippen LogP contribution in [0.15, 0.2) is 35.0 Å². The van der Waals surface area contributed by atoms with Gasteiger partial charge in [0.1, 0.15) is 6.61 Å². The van der Waals surface area contributed by atoms with Crippen LogP contribution in [0.5, 0.6) is 11.5 Å². The van der Waals surface area contributed by atoms with Gasteiger partial charge in [-0.3, -0.25) is 0 Å². The molecular formula is C14H16O3S. The Morgan fingerprint density at radius 3 is 2.72 bits per heavy atom. The van der Waals surface area contributed by atoms with Crippen molar-refractivity contribution in [2.24, 2.45) is 0 Å². The van der Waals surface area contributed by atoms with Crippen molar-refractivity contribution in [1.82, 2.24) is 0 Å². The molecule has 0 saturated heterocycles. The van der Waals surface area contributed by atoms with Crippen molar-refractivity contribution in [1.29, 1.82) is 0 Å². The third kappa shape index (κ3) is 3.03. The molecule has 1 aromatic carbocycles. The van der Waals surface area contributed by atoms with E-state index in [1.165, 1.54) is 0 Å². The molecule has 0 fully saturated rings. The number of methoxy groups -OCH3 is 1. The van der Waals surface area contributed by atoms with Gasteiger partial charge in [0.05, 0.1) is 13.2 Å². The van der Waals surface area contributed by atoms with Gasteiger partial charge < -0.3 is 14.6 Å². The molecule has 1 heterocycles. The van der Waals surface area contributed by atoms with Gasteiger partial charge in [-0.2, -0.15) is 11.3 Å². The number of hydrogen-bond donors (Lipinski definition) is 1. The molecule has 18 heavy (non-hydrogen) atoms. The minimum Gasteiger partial charge on any atom is -0.493 e. The molecule has 1 unspecified atom stereocenters. The van der Waals surface area contributed by atoms with E-state index in [1.807, 2.05) is 23.6 Å². The maximum Gasteiger partial charge on any atom is 0.161 e. The highest BCUT2D eigenvalue weighted by Gasteiger charge is 2.09. The highest BCUT2D eigenvalue weighted by Crippen LogP contribution is 2.30. The minimum absolute atomic E-state index is 0.509. The number of thiophene rings is 1.